The second kappa shape index (κ2) is 8.44. The molecule has 0 atom stereocenters. The molecule has 7 heteroatoms. The van der Waals surface area contributed by atoms with Gasteiger partial charge in [0, 0.05) is 17.6 Å². The van der Waals surface area contributed by atoms with Gasteiger partial charge in [-0.15, -0.1) is 10.2 Å². The van der Waals surface area contributed by atoms with Crippen molar-refractivity contribution in [2.75, 3.05) is 11.1 Å². The molecule has 1 amide bonds. The molecule has 2 heterocycles. The second-order valence-corrected chi connectivity index (χ2v) is 8.49. The van der Waals surface area contributed by atoms with Gasteiger partial charge in [-0.05, 0) is 44.4 Å². The fourth-order valence-electron chi connectivity index (χ4n) is 3.88. The Morgan fingerprint density at radius 2 is 1.83 bits per heavy atom. The molecule has 1 N–H and O–H groups in total. The summed E-state index contributed by atoms with van der Waals surface area (Å²) in [7, 11) is 0. The lowest BCUT2D eigenvalue weighted by atomic mass is 10.1. The van der Waals surface area contributed by atoms with Crippen molar-refractivity contribution in [2.24, 2.45) is 0 Å². The van der Waals surface area contributed by atoms with E-state index in [0.29, 0.717) is 5.16 Å². The molecule has 0 spiro atoms. The number of hydrogen-bond donors (Lipinski definition) is 1. The number of nitrogens with zero attached hydrogens (tertiary/aromatic N) is 4. The SMILES string of the molecule is CCCn1c2ccccc2c2nnc(SCC(=O)Nc3c(C)cc(C)cc3C)nc21. The summed E-state index contributed by atoms with van der Waals surface area (Å²) in [5.74, 6) is 0.154. The first-order valence-corrected chi connectivity index (χ1v) is 11.1. The zero-order valence-corrected chi connectivity index (χ0v) is 18.5. The summed E-state index contributed by atoms with van der Waals surface area (Å²) in [5, 5.41) is 13.3. The zero-order chi connectivity index (χ0) is 21.3. The maximum atomic E-state index is 12.5. The molecular weight excluding hydrogens is 394 g/mol. The molecule has 0 saturated heterocycles. The third-order valence-corrected chi connectivity index (χ3v) is 5.91. The minimum atomic E-state index is -0.0761. The predicted molar refractivity (Wildman–Crippen MR) is 123 cm³/mol. The van der Waals surface area contributed by atoms with E-state index in [4.69, 9.17) is 4.98 Å². The molecule has 0 fully saturated rings. The smallest absolute Gasteiger partial charge is 0.234 e. The van der Waals surface area contributed by atoms with Gasteiger partial charge in [-0.2, -0.15) is 0 Å². The van der Waals surface area contributed by atoms with E-state index in [-0.39, 0.29) is 11.7 Å². The van der Waals surface area contributed by atoms with Crippen LogP contribution in [-0.2, 0) is 11.3 Å². The first-order valence-electron chi connectivity index (χ1n) is 10.1. The van der Waals surface area contributed by atoms with Gasteiger partial charge in [0.15, 0.2) is 5.65 Å². The van der Waals surface area contributed by atoms with E-state index in [1.807, 2.05) is 32.0 Å². The van der Waals surface area contributed by atoms with E-state index in [2.05, 4.69) is 52.1 Å². The van der Waals surface area contributed by atoms with E-state index in [0.717, 1.165) is 51.8 Å². The highest BCUT2D eigenvalue weighted by Crippen LogP contribution is 2.27. The van der Waals surface area contributed by atoms with Crippen molar-refractivity contribution < 1.29 is 4.79 Å². The molecule has 0 saturated carbocycles. The fourth-order valence-corrected chi connectivity index (χ4v) is 4.47. The van der Waals surface area contributed by atoms with Gasteiger partial charge in [0.25, 0.3) is 0 Å². The summed E-state index contributed by atoms with van der Waals surface area (Å²) in [4.78, 5) is 17.3. The molecule has 154 valence electrons. The lowest BCUT2D eigenvalue weighted by Gasteiger charge is -2.12. The highest BCUT2D eigenvalue weighted by molar-refractivity contribution is 7.99. The van der Waals surface area contributed by atoms with Gasteiger partial charge in [-0.3, -0.25) is 4.79 Å². The first kappa shape index (κ1) is 20.3. The van der Waals surface area contributed by atoms with Crippen molar-refractivity contribution in [3.05, 3.63) is 53.1 Å². The molecule has 0 aliphatic heterocycles. The standard InChI is InChI=1S/C23H25N5OS/c1-5-10-28-18-9-7-6-8-17(18)21-22(28)25-23(27-26-21)30-13-19(29)24-20-15(3)11-14(2)12-16(20)4/h6-9,11-12H,5,10,13H2,1-4H3,(H,24,29). The molecule has 0 aliphatic rings. The minimum Gasteiger partial charge on any atom is -0.325 e. The number of benzene rings is 2. The molecular formula is C23H25N5OS. The Morgan fingerprint density at radius 1 is 1.10 bits per heavy atom. The molecule has 6 nitrogen and oxygen atoms in total. The van der Waals surface area contributed by atoms with Crippen LogP contribution in [0.5, 0.6) is 0 Å². The van der Waals surface area contributed by atoms with Crippen LogP contribution in [0.25, 0.3) is 22.1 Å². The van der Waals surface area contributed by atoms with Crippen LogP contribution < -0.4 is 5.32 Å². The Hall–Kier alpha value is -2.93. The summed E-state index contributed by atoms with van der Waals surface area (Å²) in [6, 6.07) is 12.3. The number of thioether (sulfide) groups is 1. The van der Waals surface area contributed by atoms with Gasteiger partial charge >= 0.3 is 0 Å². The number of aryl methyl sites for hydroxylation is 4. The lowest BCUT2D eigenvalue weighted by Crippen LogP contribution is -2.16. The van der Waals surface area contributed by atoms with Crippen LogP contribution >= 0.6 is 11.8 Å². The summed E-state index contributed by atoms with van der Waals surface area (Å²) in [6.45, 7) is 9.08. The number of nitrogens with one attached hydrogen (secondary N) is 1. The van der Waals surface area contributed by atoms with E-state index in [1.165, 1.54) is 17.3 Å². The second-order valence-electron chi connectivity index (χ2n) is 7.55. The Bertz CT molecular complexity index is 1220. The van der Waals surface area contributed by atoms with Gasteiger partial charge in [0.1, 0.15) is 5.52 Å². The van der Waals surface area contributed by atoms with Gasteiger partial charge in [0.05, 0.1) is 11.3 Å². The maximum Gasteiger partial charge on any atom is 0.234 e. The predicted octanol–water partition coefficient (Wildman–Crippen LogP) is 5.05. The number of rotatable bonds is 6. The first-order chi connectivity index (χ1) is 14.5. The van der Waals surface area contributed by atoms with Gasteiger partial charge in [-0.25, -0.2) is 4.98 Å². The highest BCUT2D eigenvalue weighted by Gasteiger charge is 2.15. The molecule has 2 aromatic heterocycles. The lowest BCUT2D eigenvalue weighted by molar-refractivity contribution is -0.113. The number of carbonyl (C=O) groups is 1. The molecule has 4 aromatic rings. The molecule has 2 aromatic carbocycles. The number of aromatic nitrogens is 4. The monoisotopic (exact) mass is 419 g/mol. The molecule has 0 aliphatic carbocycles. The number of para-hydroxylation sites is 1. The quantitative estimate of drug-likeness (QED) is 0.443. The summed E-state index contributed by atoms with van der Waals surface area (Å²) >= 11 is 1.30. The Morgan fingerprint density at radius 3 is 2.57 bits per heavy atom. The fraction of sp³-hybridized carbons (Fsp3) is 0.304. The Balaban J connectivity index is 1.55. The summed E-state index contributed by atoms with van der Waals surface area (Å²) in [5.41, 5.74) is 6.93. The summed E-state index contributed by atoms with van der Waals surface area (Å²) < 4.78 is 2.18. The van der Waals surface area contributed by atoms with Crippen molar-refractivity contribution in [2.45, 2.75) is 45.8 Å². The average Bonchev–Trinajstić information content (AvgIpc) is 3.03. The van der Waals surface area contributed by atoms with Crippen molar-refractivity contribution in [3.8, 4) is 0 Å². The normalized spacial score (nSPS) is 11.3. The van der Waals surface area contributed by atoms with E-state index in [1.54, 1.807) is 0 Å². The highest BCUT2D eigenvalue weighted by atomic mass is 32.2. The van der Waals surface area contributed by atoms with E-state index >= 15 is 0 Å². The van der Waals surface area contributed by atoms with Crippen LogP contribution in [0, 0.1) is 20.8 Å². The molecule has 0 radical (unpaired) electrons. The molecule has 4 rings (SSSR count). The zero-order valence-electron chi connectivity index (χ0n) is 17.7. The van der Waals surface area contributed by atoms with Crippen LogP contribution in [0.15, 0.2) is 41.6 Å². The van der Waals surface area contributed by atoms with Gasteiger partial charge in [-0.1, -0.05) is 54.6 Å². The van der Waals surface area contributed by atoms with E-state index in [9.17, 15) is 4.79 Å². The number of hydrogen-bond acceptors (Lipinski definition) is 5. The van der Waals surface area contributed by atoms with Crippen LogP contribution in [0.2, 0.25) is 0 Å². The van der Waals surface area contributed by atoms with Crippen LogP contribution in [0.4, 0.5) is 5.69 Å². The average molecular weight is 420 g/mol. The van der Waals surface area contributed by atoms with E-state index < -0.39 is 0 Å². The van der Waals surface area contributed by atoms with Crippen molar-refractivity contribution in [1.29, 1.82) is 0 Å². The van der Waals surface area contributed by atoms with Gasteiger partial charge < -0.3 is 9.88 Å². The number of anilines is 1. The number of amides is 1. The number of carbonyl (C=O) groups excluding carboxylic acids is 1. The molecule has 0 unspecified atom stereocenters. The molecule has 0 bridgehead atoms. The largest absolute Gasteiger partial charge is 0.325 e. The maximum absolute atomic E-state index is 12.5. The Labute approximate surface area is 180 Å². The van der Waals surface area contributed by atoms with Crippen molar-refractivity contribution in [3.63, 3.8) is 0 Å². The van der Waals surface area contributed by atoms with Crippen LogP contribution in [0.1, 0.15) is 30.0 Å². The van der Waals surface area contributed by atoms with Crippen molar-refractivity contribution in [1.82, 2.24) is 19.7 Å². The Kier molecular flexibility index (Phi) is 5.72. The molecule has 30 heavy (non-hydrogen) atoms. The van der Waals surface area contributed by atoms with Crippen LogP contribution in [-0.4, -0.2) is 31.4 Å². The summed E-state index contributed by atoms with van der Waals surface area (Å²) in [6.07, 6.45) is 0.998. The minimum absolute atomic E-state index is 0.0761. The third kappa shape index (κ3) is 3.89. The topological polar surface area (TPSA) is 72.7 Å². The van der Waals surface area contributed by atoms with Crippen LogP contribution in [0.3, 0.4) is 0 Å². The van der Waals surface area contributed by atoms with Gasteiger partial charge in [0.2, 0.25) is 11.1 Å². The number of fused-ring (bicyclic) bond motifs is 3. The van der Waals surface area contributed by atoms with Crippen molar-refractivity contribution >= 4 is 45.4 Å². The third-order valence-electron chi connectivity index (χ3n) is 5.08.